The second kappa shape index (κ2) is 11.6. The molecule has 0 aromatic carbocycles. The second-order valence-electron chi connectivity index (χ2n) is 5.99. The zero-order chi connectivity index (χ0) is 16.5. The van der Waals surface area contributed by atoms with Crippen LogP contribution in [0.25, 0.3) is 0 Å². The number of thioether (sulfide) groups is 1. The average Bonchev–Trinajstić information content (AvgIpc) is 3.12. The summed E-state index contributed by atoms with van der Waals surface area (Å²) in [6, 6.07) is 4.31. The van der Waals surface area contributed by atoms with Crippen molar-refractivity contribution in [2.24, 2.45) is 4.99 Å². The lowest BCUT2D eigenvalue weighted by Crippen LogP contribution is -2.41. The van der Waals surface area contributed by atoms with E-state index in [-0.39, 0.29) is 28.7 Å². The van der Waals surface area contributed by atoms with Crippen molar-refractivity contribution in [3.05, 3.63) is 22.4 Å². The first kappa shape index (κ1) is 22.1. The van der Waals surface area contributed by atoms with Crippen LogP contribution in [0.5, 0.6) is 0 Å². The van der Waals surface area contributed by atoms with Gasteiger partial charge < -0.3 is 15.4 Å². The summed E-state index contributed by atoms with van der Waals surface area (Å²) in [5, 5.41) is 9.00. The molecule has 7 heteroatoms. The normalized spacial score (nSPS) is 18.5. The SMILES string of the molecule is CCNC(=NCC1(SC)CCOCC1)NCC(C)c1cccs1.I. The molecule has 0 radical (unpaired) electrons. The summed E-state index contributed by atoms with van der Waals surface area (Å²) < 4.78 is 5.75. The maximum Gasteiger partial charge on any atom is 0.191 e. The molecule has 1 unspecified atom stereocenters. The highest BCUT2D eigenvalue weighted by atomic mass is 127. The fourth-order valence-corrected chi connectivity index (χ4v) is 4.21. The molecular formula is C17H30IN3OS2. The van der Waals surface area contributed by atoms with Crippen molar-refractivity contribution in [2.45, 2.75) is 37.4 Å². The molecule has 0 spiro atoms. The number of guanidine groups is 1. The number of nitrogens with zero attached hydrogens (tertiary/aromatic N) is 1. The molecule has 138 valence electrons. The molecular weight excluding hydrogens is 453 g/mol. The number of hydrogen-bond acceptors (Lipinski definition) is 4. The minimum Gasteiger partial charge on any atom is -0.381 e. The van der Waals surface area contributed by atoms with Crippen LogP contribution in [0.2, 0.25) is 0 Å². The van der Waals surface area contributed by atoms with Gasteiger partial charge in [-0.3, -0.25) is 4.99 Å². The zero-order valence-corrected chi connectivity index (χ0v) is 18.8. The van der Waals surface area contributed by atoms with Gasteiger partial charge >= 0.3 is 0 Å². The van der Waals surface area contributed by atoms with E-state index >= 15 is 0 Å². The summed E-state index contributed by atoms with van der Waals surface area (Å²) in [5.74, 6) is 1.42. The molecule has 1 fully saturated rings. The Kier molecular flexibility index (Phi) is 10.7. The van der Waals surface area contributed by atoms with Crippen LogP contribution in [-0.2, 0) is 4.74 Å². The molecule has 2 rings (SSSR count). The molecule has 0 saturated carbocycles. The quantitative estimate of drug-likeness (QED) is 0.351. The van der Waals surface area contributed by atoms with Crippen molar-refractivity contribution in [2.75, 3.05) is 39.1 Å². The van der Waals surface area contributed by atoms with Crippen molar-refractivity contribution in [1.82, 2.24) is 10.6 Å². The summed E-state index contributed by atoms with van der Waals surface area (Å²) in [6.07, 6.45) is 4.37. The van der Waals surface area contributed by atoms with Crippen LogP contribution in [-0.4, -0.2) is 49.8 Å². The molecule has 1 aromatic rings. The van der Waals surface area contributed by atoms with E-state index in [9.17, 15) is 0 Å². The standard InChI is InChI=1S/C17H29N3OS2.HI/c1-4-18-16(19-12-14(2)15-6-5-11-23-15)20-13-17(22-3)7-9-21-10-8-17;/h5-6,11,14H,4,7-10,12-13H2,1-3H3,(H2,18,19,20);1H. The van der Waals surface area contributed by atoms with Gasteiger partial charge in [0.2, 0.25) is 0 Å². The highest BCUT2D eigenvalue weighted by Gasteiger charge is 2.31. The van der Waals surface area contributed by atoms with Gasteiger partial charge in [0.15, 0.2) is 5.96 Å². The summed E-state index contributed by atoms with van der Waals surface area (Å²) in [5.41, 5.74) is 0. The predicted molar refractivity (Wildman–Crippen MR) is 118 cm³/mol. The summed E-state index contributed by atoms with van der Waals surface area (Å²) in [6.45, 7) is 8.71. The van der Waals surface area contributed by atoms with Gasteiger partial charge in [-0.2, -0.15) is 11.8 Å². The number of halogens is 1. The maximum absolute atomic E-state index is 5.51. The Morgan fingerprint density at radius 3 is 2.75 bits per heavy atom. The molecule has 2 N–H and O–H groups in total. The lowest BCUT2D eigenvalue weighted by molar-refractivity contribution is 0.0794. The lowest BCUT2D eigenvalue weighted by Gasteiger charge is -2.34. The number of hydrogen-bond donors (Lipinski definition) is 2. The molecule has 0 amide bonds. The average molecular weight is 483 g/mol. The van der Waals surface area contributed by atoms with Crippen molar-refractivity contribution < 1.29 is 4.74 Å². The van der Waals surface area contributed by atoms with E-state index in [1.54, 1.807) is 0 Å². The van der Waals surface area contributed by atoms with Gasteiger partial charge in [-0.15, -0.1) is 35.3 Å². The van der Waals surface area contributed by atoms with Crippen LogP contribution in [0.3, 0.4) is 0 Å². The zero-order valence-electron chi connectivity index (χ0n) is 14.8. The van der Waals surface area contributed by atoms with E-state index in [1.165, 1.54) is 4.88 Å². The van der Waals surface area contributed by atoms with E-state index in [1.807, 2.05) is 23.1 Å². The van der Waals surface area contributed by atoms with Gasteiger partial charge in [0, 0.05) is 41.8 Å². The smallest absolute Gasteiger partial charge is 0.191 e. The van der Waals surface area contributed by atoms with Crippen LogP contribution in [0, 0.1) is 0 Å². The summed E-state index contributed by atoms with van der Waals surface area (Å²) in [4.78, 5) is 6.27. The molecule has 4 nitrogen and oxygen atoms in total. The first-order chi connectivity index (χ1) is 11.2. The number of aliphatic imine (C=N–C) groups is 1. The Hall–Kier alpha value is 0.01000. The van der Waals surface area contributed by atoms with E-state index in [2.05, 4.69) is 48.2 Å². The van der Waals surface area contributed by atoms with Gasteiger partial charge in [0.1, 0.15) is 0 Å². The second-order valence-corrected chi connectivity index (χ2v) is 8.25. The van der Waals surface area contributed by atoms with Gasteiger partial charge in [0.05, 0.1) is 6.54 Å². The van der Waals surface area contributed by atoms with E-state index in [0.717, 1.165) is 51.6 Å². The third-order valence-electron chi connectivity index (χ3n) is 4.31. The summed E-state index contributed by atoms with van der Waals surface area (Å²) in [7, 11) is 0. The molecule has 1 saturated heterocycles. The molecule has 0 aliphatic carbocycles. The van der Waals surface area contributed by atoms with Gasteiger partial charge in [0.25, 0.3) is 0 Å². The Balaban J connectivity index is 0.00000288. The minimum absolute atomic E-state index is 0. The Morgan fingerprint density at radius 2 is 2.17 bits per heavy atom. The highest BCUT2D eigenvalue weighted by molar-refractivity contribution is 14.0. The van der Waals surface area contributed by atoms with Crippen LogP contribution < -0.4 is 10.6 Å². The van der Waals surface area contributed by atoms with Crippen LogP contribution in [0.15, 0.2) is 22.5 Å². The third-order valence-corrected chi connectivity index (χ3v) is 6.82. The van der Waals surface area contributed by atoms with Crippen molar-refractivity contribution in [3.8, 4) is 0 Å². The molecule has 24 heavy (non-hydrogen) atoms. The Labute approximate surface area is 171 Å². The Morgan fingerprint density at radius 1 is 1.42 bits per heavy atom. The molecule has 1 aliphatic rings. The highest BCUT2D eigenvalue weighted by Crippen LogP contribution is 2.34. The van der Waals surface area contributed by atoms with E-state index < -0.39 is 0 Å². The largest absolute Gasteiger partial charge is 0.381 e. The fourth-order valence-electron chi connectivity index (χ4n) is 2.66. The maximum atomic E-state index is 5.51. The third kappa shape index (κ3) is 6.72. The molecule has 1 atom stereocenters. The molecule has 1 aliphatic heterocycles. The number of rotatable bonds is 7. The molecule has 2 heterocycles. The van der Waals surface area contributed by atoms with E-state index in [0.29, 0.717) is 5.92 Å². The van der Waals surface area contributed by atoms with Crippen LogP contribution in [0.4, 0.5) is 0 Å². The van der Waals surface area contributed by atoms with Crippen LogP contribution in [0.1, 0.15) is 37.5 Å². The van der Waals surface area contributed by atoms with Gasteiger partial charge in [-0.05, 0) is 37.5 Å². The number of thiophene rings is 1. The first-order valence-electron chi connectivity index (χ1n) is 8.37. The fraction of sp³-hybridized carbons (Fsp3) is 0.706. The van der Waals surface area contributed by atoms with Crippen LogP contribution >= 0.6 is 47.1 Å². The van der Waals surface area contributed by atoms with Crippen molar-refractivity contribution >= 4 is 53.0 Å². The monoisotopic (exact) mass is 483 g/mol. The molecule has 1 aromatic heterocycles. The lowest BCUT2D eigenvalue weighted by atomic mass is 9.99. The molecule has 0 bridgehead atoms. The van der Waals surface area contributed by atoms with Crippen molar-refractivity contribution in [3.63, 3.8) is 0 Å². The number of nitrogens with one attached hydrogen (secondary N) is 2. The van der Waals surface area contributed by atoms with Gasteiger partial charge in [-0.1, -0.05) is 13.0 Å². The van der Waals surface area contributed by atoms with Gasteiger partial charge in [-0.25, -0.2) is 0 Å². The predicted octanol–water partition coefficient (Wildman–Crippen LogP) is 3.94. The Bertz CT molecular complexity index is 476. The number of ether oxygens (including phenoxy) is 1. The first-order valence-corrected chi connectivity index (χ1v) is 10.5. The minimum atomic E-state index is 0. The van der Waals surface area contributed by atoms with Crippen molar-refractivity contribution in [1.29, 1.82) is 0 Å². The topological polar surface area (TPSA) is 45.7 Å². The van der Waals surface area contributed by atoms with E-state index in [4.69, 9.17) is 9.73 Å². The summed E-state index contributed by atoms with van der Waals surface area (Å²) >= 11 is 3.75.